The van der Waals surface area contributed by atoms with Crippen LogP contribution in [0.1, 0.15) is 37.8 Å². The molecule has 1 saturated heterocycles. The minimum absolute atomic E-state index is 0.155. The highest BCUT2D eigenvalue weighted by Crippen LogP contribution is 2.27. The summed E-state index contributed by atoms with van der Waals surface area (Å²) >= 11 is 3.48. The van der Waals surface area contributed by atoms with Gasteiger partial charge in [0.25, 0.3) is 0 Å². The summed E-state index contributed by atoms with van der Waals surface area (Å²) in [6, 6.07) is 4.38. The van der Waals surface area contributed by atoms with Gasteiger partial charge in [0.1, 0.15) is 0 Å². The third-order valence-electron chi connectivity index (χ3n) is 5.15. The summed E-state index contributed by atoms with van der Waals surface area (Å²) in [5.41, 5.74) is 3.90. The second-order valence-electron chi connectivity index (χ2n) is 6.75. The van der Waals surface area contributed by atoms with Crippen molar-refractivity contribution in [3.63, 3.8) is 0 Å². The zero-order chi connectivity index (χ0) is 18.4. The van der Waals surface area contributed by atoms with Gasteiger partial charge in [-0.2, -0.15) is 22.7 Å². The van der Waals surface area contributed by atoms with Gasteiger partial charge in [-0.25, -0.2) is 0 Å². The smallest absolute Gasteiger partial charge is 0.226 e. The van der Waals surface area contributed by atoms with Crippen LogP contribution in [0.5, 0.6) is 0 Å². The van der Waals surface area contributed by atoms with E-state index in [1.807, 2.05) is 4.90 Å². The van der Waals surface area contributed by atoms with E-state index < -0.39 is 0 Å². The summed E-state index contributed by atoms with van der Waals surface area (Å²) in [5.74, 6) is 0.488. The highest BCUT2D eigenvalue weighted by atomic mass is 32.1. The Bertz CT molecular complexity index is 666. The van der Waals surface area contributed by atoms with Gasteiger partial charge in [0.2, 0.25) is 5.91 Å². The second kappa shape index (κ2) is 9.49. The van der Waals surface area contributed by atoms with Crippen LogP contribution in [0.3, 0.4) is 0 Å². The van der Waals surface area contributed by atoms with E-state index in [1.165, 1.54) is 16.7 Å². The standard InChI is InChI=1S/C21H28N2OS2/c1-3-23(4-2)21(24)17-6-5-10-22(14-17)11-7-20(18-8-12-25-15-18)19-9-13-26-16-19/h7-9,12-13,15-17H,3-6,10-11,14H2,1-2H3. The lowest BCUT2D eigenvalue weighted by atomic mass is 9.96. The Kier molecular flexibility index (Phi) is 7.06. The normalized spacial score (nSPS) is 17.8. The lowest BCUT2D eigenvalue weighted by Gasteiger charge is -2.34. The molecule has 1 aliphatic heterocycles. The molecular formula is C21H28N2OS2. The maximum absolute atomic E-state index is 12.7. The molecule has 3 heterocycles. The predicted octanol–water partition coefficient (Wildman–Crippen LogP) is 4.82. The Hall–Kier alpha value is -1.43. The van der Waals surface area contributed by atoms with Crippen molar-refractivity contribution in [3.05, 3.63) is 50.9 Å². The highest BCUT2D eigenvalue weighted by Gasteiger charge is 2.27. The van der Waals surface area contributed by atoms with Gasteiger partial charge < -0.3 is 4.90 Å². The summed E-state index contributed by atoms with van der Waals surface area (Å²) < 4.78 is 0. The summed E-state index contributed by atoms with van der Waals surface area (Å²) in [4.78, 5) is 17.1. The fourth-order valence-corrected chi connectivity index (χ4v) is 4.99. The first kappa shape index (κ1) is 19.3. The fourth-order valence-electron chi connectivity index (χ4n) is 3.67. The molecule has 1 atom stereocenters. The first-order valence-electron chi connectivity index (χ1n) is 9.49. The molecule has 1 fully saturated rings. The van der Waals surface area contributed by atoms with Gasteiger partial charge in [0.05, 0.1) is 5.92 Å². The molecule has 2 aromatic rings. The van der Waals surface area contributed by atoms with Gasteiger partial charge in [0, 0.05) is 26.2 Å². The number of amides is 1. The third kappa shape index (κ3) is 4.64. The lowest BCUT2D eigenvalue weighted by molar-refractivity contribution is -0.136. The van der Waals surface area contributed by atoms with Gasteiger partial charge in [-0.3, -0.25) is 9.69 Å². The van der Waals surface area contributed by atoms with E-state index in [-0.39, 0.29) is 5.92 Å². The number of piperidine rings is 1. The number of nitrogens with zero attached hydrogens (tertiary/aromatic N) is 2. The zero-order valence-corrected chi connectivity index (χ0v) is 17.3. The number of carbonyl (C=O) groups excluding carboxylic acids is 1. The molecule has 5 heteroatoms. The van der Waals surface area contributed by atoms with E-state index in [0.717, 1.165) is 45.6 Å². The molecule has 1 unspecified atom stereocenters. The van der Waals surface area contributed by atoms with E-state index in [0.29, 0.717) is 5.91 Å². The first-order valence-corrected chi connectivity index (χ1v) is 11.4. The van der Waals surface area contributed by atoms with Gasteiger partial charge in [-0.15, -0.1) is 0 Å². The molecule has 0 bridgehead atoms. The van der Waals surface area contributed by atoms with Crippen LogP contribution in [0.2, 0.25) is 0 Å². The minimum Gasteiger partial charge on any atom is -0.343 e. The molecule has 3 nitrogen and oxygen atoms in total. The average Bonchev–Trinajstić information content (AvgIpc) is 3.38. The topological polar surface area (TPSA) is 23.6 Å². The number of rotatable bonds is 7. The summed E-state index contributed by atoms with van der Waals surface area (Å²) in [6.45, 7) is 8.63. The summed E-state index contributed by atoms with van der Waals surface area (Å²) in [7, 11) is 0. The van der Waals surface area contributed by atoms with Crippen molar-refractivity contribution in [2.75, 3.05) is 32.7 Å². The summed E-state index contributed by atoms with van der Waals surface area (Å²) in [6.07, 6.45) is 4.48. The Morgan fingerprint density at radius 1 is 1.19 bits per heavy atom. The number of hydrogen-bond acceptors (Lipinski definition) is 4. The van der Waals surface area contributed by atoms with Crippen molar-refractivity contribution in [3.8, 4) is 0 Å². The third-order valence-corrected chi connectivity index (χ3v) is 6.51. The molecule has 26 heavy (non-hydrogen) atoms. The number of carbonyl (C=O) groups is 1. The Morgan fingerprint density at radius 3 is 2.38 bits per heavy atom. The second-order valence-corrected chi connectivity index (χ2v) is 8.31. The van der Waals surface area contributed by atoms with E-state index in [9.17, 15) is 4.79 Å². The highest BCUT2D eigenvalue weighted by molar-refractivity contribution is 7.08. The molecule has 140 valence electrons. The van der Waals surface area contributed by atoms with Crippen LogP contribution in [0.4, 0.5) is 0 Å². The Morgan fingerprint density at radius 2 is 1.85 bits per heavy atom. The van der Waals surface area contributed by atoms with Crippen molar-refractivity contribution in [2.45, 2.75) is 26.7 Å². The number of hydrogen-bond donors (Lipinski definition) is 0. The monoisotopic (exact) mass is 388 g/mol. The average molecular weight is 389 g/mol. The van der Waals surface area contributed by atoms with E-state index in [4.69, 9.17) is 0 Å². The van der Waals surface area contributed by atoms with Crippen LogP contribution in [0.25, 0.3) is 5.57 Å². The van der Waals surface area contributed by atoms with Crippen LogP contribution < -0.4 is 0 Å². The lowest BCUT2D eigenvalue weighted by Crippen LogP contribution is -2.44. The molecule has 3 rings (SSSR count). The fraction of sp³-hybridized carbons (Fsp3) is 0.476. The van der Waals surface area contributed by atoms with Crippen molar-refractivity contribution < 1.29 is 4.79 Å². The zero-order valence-electron chi connectivity index (χ0n) is 15.7. The maximum atomic E-state index is 12.7. The quantitative estimate of drug-likeness (QED) is 0.679. The van der Waals surface area contributed by atoms with Gasteiger partial charge >= 0.3 is 0 Å². The number of likely N-dealkylation sites (tertiary alicyclic amines) is 1. The molecule has 0 radical (unpaired) electrons. The molecule has 1 amide bonds. The number of thiophene rings is 2. The van der Waals surface area contributed by atoms with Crippen LogP contribution in [-0.4, -0.2) is 48.4 Å². The van der Waals surface area contributed by atoms with Gasteiger partial charge in [0.15, 0.2) is 0 Å². The van der Waals surface area contributed by atoms with E-state index >= 15 is 0 Å². The largest absolute Gasteiger partial charge is 0.343 e. The van der Waals surface area contributed by atoms with Crippen LogP contribution >= 0.6 is 22.7 Å². The van der Waals surface area contributed by atoms with Crippen LogP contribution in [0, 0.1) is 5.92 Å². The summed E-state index contributed by atoms with van der Waals surface area (Å²) in [5, 5.41) is 8.70. The van der Waals surface area contributed by atoms with Crippen molar-refractivity contribution in [2.24, 2.45) is 5.92 Å². The molecule has 0 aliphatic carbocycles. The molecular weight excluding hydrogens is 360 g/mol. The minimum atomic E-state index is 0.155. The van der Waals surface area contributed by atoms with Crippen molar-refractivity contribution in [1.29, 1.82) is 0 Å². The van der Waals surface area contributed by atoms with E-state index in [2.05, 4.69) is 58.5 Å². The van der Waals surface area contributed by atoms with Gasteiger partial charge in [-0.1, -0.05) is 6.08 Å². The van der Waals surface area contributed by atoms with Gasteiger partial charge in [-0.05, 0) is 83.6 Å². The molecule has 0 aromatic carbocycles. The first-order chi connectivity index (χ1) is 12.7. The molecule has 0 spiro atoms. The molecule has 0 saturated carbocycles. The maximum Gasteiger partial charge on any atom is 0.226 e. The SMILES string of the molecule is CCN(CC)C(=O)C1CCCN(CC=C(c2ccsc2)c2ccsc2)C1. The molecule has 2 aromatic heterocycles. The van der Waals surface area contributed by atoms with Crippen LogP contribution in [0.15, 0.2) is 39.7 Å². The molecule has 0 N–H and O–H groups in total. The predicted molar refractivity (Wildman–Crippen MR) is 113 cm³/mol. The van der Waals surface area contributed by atoms with E-state index in [1.54, 1.807) is 22.7 Å². The van der Waals surface area contributed by atoms with Crippen LogP contribution in [-0.2, 0) is 4.79 Å². The Labute approximate surface area is 164 Å². The van der Waals surface area contributed by atoms with Crippen molar-refractivity contribution >= 4 is 34.2 Å². The Balaban J connectivity index is 1.69. The van der Waals surface area contributed by atoms with Crippen molar-refractivity contribution in [1.82, 2.24) is 9.80 Å². The molecule has 1 aliphatic rings.